The molecule has 0 unspecified atom stereocenters. The van der Waals surface area contributed by atoms with Crippen molar-refractivity contribution in [2.24, 2.45) is 7.05 Å². The van der Waals surface area contributed by atoms with Crippen LogP contribution in [0.2, 0.25) is 0 Å². The summed E-state index contributed by atoms with van der Waals surface area (Å²) in [5, 5.41) is 8.59. The Morgan fingerprint density at radius 3 is 2.90 bits per heavy atom. The number of carbonyl (C=O) groups excluding carboxylic acids is 1. The van der Waals surface area contributed by atoms with Gasteiger partial charge in [0.2, 0.25) is 0 Å². The monoisotopic (exact) mass is 290 g/mol. The maximum absolute atomic E-state index is 11.8. The summed E-state index contributed by atoms with van der Waals surface area (Å²) in [6, 6.07) is 1.79. The summed E-state index contributed by atoms with van der Waals surface area (Å²) in [6.07, 6.45) is 4.99. The maximum Gasteiger partial charge on any atom is 0.339 e. The Kier molecular flexibility index (Phi) is 5.14. The lowest BCUT2D eigenvalue weighted by Crippen LogP contribution is -2.05. The third kappa shape index (κ3) is 3.51. The van der Waals surface area contributed by atoms with Gasteiger partial charge in [-0.1, -0.05) is 19.8 Å². The van der Waals surface area contributed by atoms with Crippen LogP contribution < -0.4 is 5.32 Å². The lowest BCUT2D eigenvalue weighted by molar-refractivity contribution is 0.0526. The van der Waals surface area contributed by atoms with E-state index in [2.05, 4.69) is 22.3 Å². The molecule has 0 spiro atoms. The van der Waals surface area contributed by atoms with E-state index < -0.39 is 0 Å². The number of esters is 1. The molecule has 0 aromatic carbocycles. The van der Waals surface area contributed by atoms with E-state index in [1.807, 2.05) is 7.05 Å². The number of rotatable bonds is 7. The van der Waals surface area contributed by atoms with Crippen LogP contribution in [0.4, 0.5) is 5.82 Å². The number of aryl methyl sites for hydroxylation is 1. The Balaban J connectivity index is 2.24. The highest BCUT2D eigenvalue weighted by Gasteiger charge is 2.14. The van der Waals surface area contributed by atoms with Crippen molar-refractivity contribution < 1.29 is 9.53 Å². The molecule has 1 N–H and O–H groups in total. The second-order valence-corrected chi connectivity index (χ2v) is 4.92. The smallest absolute Gasteiger partial charge is 0.339 e. The highest BCUT2D eigenvalue weighted by atomic mass is 16.5. The molecular formula is C15H22N4O2. The van der Waals surface area contributed by atoms with E-state index in [4.69, 9.17) is 4.74 Å². The molecule has 0 aliphatic heterocycles. The summed E-state index contributed by atoms with van der Waals surface area (Å²) in [6.45, 7) is 5.18. The fourth-order valence-electron chi connectivity index (χ4n) is 2.18. The van der Waals surface area contributed by atoms with Gasteiger partial charge >= 0.3 is 5.97 Å². The third-order valence-corrected chi connectivity index (χ3v) is 3.26. The first-order valence-corrected chi connectivity index (χ1v) is 7.41. The summed E-state index contributed by atoms with van der Waals surface area (Å²) < 4.78 is 6.72. The van der Waals surface area contributed by atoms with Gasteiger partial charge in [0.25, 0.3) is 0 Å². The van der Waals surface area contributed by atoms with Crippen molar-refractivity contribution in [1.29, 1.82) is 0 Å². The number of hydrogen-bond acceptors (Lipinski definition) is 5. The maximum atomic E-state index is 11.8. The molecule has 2 aromatic heterocycles. The molecule has 0 aliphatic rings. The molecule has 0 radical (unpaired) electrons. The molecule has 6 nitrogen and oxygen atoms in total. The highest BCUT2D eigenvalue weighted by Crippen LogP contribution is 2.22. The summed E-state index contributed by atoms with van der Waals surface area (Å²) in [4.78, 5) is 16.1. The first-order valence-electron chi connectivity index (χ1n) is 7.41. The van der Waals surface area contributed by atoms with Gasteiger partial charge in [-0.25, -0.2) is 14.5 Å². The summed E-state index contributed by atoms with van der Waals surface area (Å²) in [5.41, 5.74) is 1.20. The highest BCUT2D eigenvalue weighted by molar-refractivity contribution is 5.96. The van der Waals surface area contributed by atoms with Gasteiger partial charge in [-0.3, -0.25) is 0 Å². The second kappa shape index (κ2) is 7.06. The standard InChI is InChI=1S/C15H22N4O2/c1-4-6-7-8-16-13-12-9-11(15(20)21-5-2)10-17-14(12)19(3)18-13/h9-10H,4-8H2,1-3H3,(H,16,18). The van der Waals surface area contributed by atoms with Crippen LogP contribution in [0.25, 0.3) is 11.0 Å². The van der Waals surface area contributed by atoms with Gasteiger partial charge < -0.3 is 10.1 Å². The first kappa shape index (κ1) is 15.3. The Labute approximate surface area is 124 Å². The number of carbonyl (C=O) groups is 1. The molecule has 0 saturated heterocycles. The Bertz CT molecular complexity index is 621. The molecule has 0 atom stereocenters. The van der Waals surface area contributed by atoms with Gasteiger partial charge in [0.05, 0.1) is 17.6 Å². The van der Waals surface area contributed by atoms with Crippen LogP contribution in [0.5, 0.6) is 0 Å². The average molecular weight is 290 g/mol. The second-order valence-electron chi connectivity index (χ2n) is 4.92. The molecule has 0 amide bonds. The van der Waals surface area contributed by atoms with Crippen LogP contribution in [-0.2, 0) is 11.8 Å². The molecule has 0 aliphatic carbocycles. The summed E-state index contributed by atoms with van der Waals surface area (Å²) in [5.74, 6) is 0.412. The minimum atomic E-state index is -0.354. The van der Waals surface area contributed by atoms with Crippen molar-refractivity contribution in [3.63, 3.8) is 0 Å². The zero-order valence-corrected chi connectivity index (χ0v) is 12.8. The minimum absolute atomic E-state index is 0.353. The van der Waals surface area contributed by atoms with Crippen molar-refractivity contribution in [1.82, 2.24) is 14.8 Å². The van der Waals surface area contributed by atoms with Crippen LogP contribution in [0.3, 0.4) is 0 Å². The SMILES string of the molecule is CCCCCNc1nn(C)c2ncc(C(=O)OCC)cc12. The number of unbranched alkanes of at least 4 members (excludes halogenated alkanes) is 2. The Hall–Kier alpha value is -2.11. The molecule has 2 aromatic rings. The number of ether oxygens (including phenoxy) is 1. The van der Waals surface area contributed by atoms with Crippen LogP contribution in [0.1, 0.15) is 43.5 Å². The lowest BCUT2D eigenvalue weighted by atomic mass is 10.2. The zero-order chi connectivity index (χ0) is 15.2. The van der Waals surface area contributed by atoms with Gasteiger partial charge in [-0.05, 0) is 19.4 Å². The molecule has 6 heteroatoms. The average Bonchev–Trinajstić information content (AvgIpc) is 2.80. The van der Waals surface area contributed by atoms with Crippen molar-refractivity contribution >= 4 is 22.8 Å². The normalized spacial score (nSPS) is 10.8. The lowest BCUT2D eigenvalue weighted by Gasteiger charge is -2.04. The van der Waals surface area contributed by atoms with E-state index in [1.165, 1.54) is 19.0 Å². The van der Waals surface area contributed by atoms with Crippen LogP contribution in [0, 0.1) is 0 Å². The number of pyridine rings is 1. The van der Waals surface area contributed by atoms with Crippen molar-refractivity contribution in [2.45, 2.75) is 33.1 Å². The molecule has 114 valence electrons. The number of anilines is 1. The van der Waals surface area contributed by atoms with Gasteiger partial charge in [-0.2, -0.15) is 5.10 Å². The predicted molar refractivity (Wildman–Crippen MR) is 82.5 cm³/mol. The molecule has 0 fully saturated rings. The topological polar surface area (TPSA) is 69.0 Å². The number of hydrogen-bond donors (Lipinski definition) is 1. The van der Waals surface area contributed by atoms with Gasteiger partial charge in [0, 0.05) is 19.8 Å². The van der Waals surface area contributed by atoms with Gasteiger partial charge in [0.15, 0.2) is 11.5 Å². The van der Waals surface area contributed by atoms with E-state index in [1.54, 1.807) is 17.7 Å². The number of fused-ring (bicyclic) bond motifs is 1. The quantitative estimate of drug-likeness (QED) is 0.627. The van der Waals surface area contributed by atoms with E-state index in [0.29, 0.717) is 12.2 Å². The number of aromatic nitrogens is 3. The molecule has 0 bridgehead atoms. The summed E-state index contributed by atoms with van der Waals surface area (Å²) >= 11 is 0. The van der Waals surface area contributed by atoms with Crippen molar-refractivity contribution in [3.05, 3.63) is 17.8 Å². The van der Waals surface area contributed by atoms with E-state index >= 15 is 0 Å². The fourth-order valence-corrected chi connectivity index (χ4v) is 2.18. The van der Waals surface area contributed by atoms with E-state index in [0.717, 1.165) is 29.8 Å². The Morgan fingerprint density at radius 1 is 1.38 bits per heavy atom. The van der Waals surface area contributed by atoms with Crippen LogP contribution in [-0.4, -0.2) is 33.9 Å². The fraction of sp³-hybridized carbons (Fsp3) is 0.533. The van der Waals surface area contributed by atoms with E-state index in [9.17, 15) is 4.79 Å². The molecular weight excluding hydrogens is 268 g/mol. The van der Waals surface area contributed by atoms with Crippen LogP contribution in [0.15, 0.2) is 12.3 Å². The third-order valence-electron chi connectivity index (χ3n) is 3.26. The number of nitrogens with one attached hydrogen (secondary N) is 1. The van der Waals surface area contributed by atoms with Gasteiger partial charge in [-0.15, -0.1) is 0 Å². The number of nitrogens with zero attached hydrogens (tertiary/aromatic N) is 3. The predicted octanol–water partition coefficient (Wildman–Crippen LogP) is 2.75. The van der Waals surface area contributed by atoms with Crippen LogP contribution >= 0.6 is 0 Å². The molecule has 2 rings (SSSR count). The summed E-state index contributed by atoms with van der Waals surface area (Å²) in [7, 11) is 1.84. The van der Waals surface area contributed by atoms with Crippen molar-refractivity contribution in [2.75, 3.05) is 18.5 Å². The first-order chi connectivity index (χ1) is 10.2. The molecule has 2 heterocycles. The molecule has 21 heavy (non-hydrogen) atoms. The molecule has 0 saturated carbocycles. The minimum Gasteiger partial charge on any atom is -0.462 e. The zero-order valence-electron chi connectivity index (χ0n) is 12.8. The Morgan fingerprint density at radius 2 is 2.19 bits per heavy atom. The largest absolute Gasteiger partial charge is 0.462 e. The van der Waals surface area contributed by atoms with Crippen molar-refractivity contribution in [3.8, 4) is 0 Å². The van der Waals surface area contributed by atoms with E-state index in [-0.39, 0.29) is 5.97 Å². The van der Waals surface area contributed by atoms with Gasteiger partial charge in [0.1, 0.15) is 0 Å².